The van der Waals surface area contributed by atoms with E-state index in [1.807, 2.05) is 0 Å². The highest BCUT2D eigenvalue weighted by atomic mass is 19.4. The zero-order valence-corrected chi connectivity index (χ0v) is 17.5. The van der Waals surface area contributed by atoms with E-state index in [1.165, 1.54) is 19.2 Å². The Morgan fingerprint density at radius 1 is 1.03 bits per heavy atom. The molecule has 3 aromatic rings. The minimum Gasteiger partial charge on any atom is -0.508 e. The highest BCUT2D eigenvalue weighted by molar-refractivity contribution is 5.73. The standard InChI is InChI=1S/C18H15F3N4O3.C2HF3O2/c1-25-16(13-6-5-11(8-14(13)27)18(19,20)21)24-23-15(17(25)28)22-9-10-3-2-4-12(26)7-10;3-2(4,5)1(6)7/h2-8,26-27H,9H2,1H3,(H,22,23);(H,6,7). The van der Waals surface area contributed by atoms with Crippen LogP contribution in [0.25, 0.3) is 11.4 Å². The van der Waals surface area contributed by atoms with Crippen molar-refractivity contribution < 1.29 is 46.5 Å². The molecule has 188 valence electrons. The molecule has 0 bridgehead atoms. The van der Waals surface area contributed by atoms with Gasteiger partial charge in [0.25, 0.3) is 5.56 Å². The van der Waals surface area contributed by atoms with Crippen LogP contribution in [0.5, 0.6) is 11.5 Å². The van der Waals surface area contributed by atoms with Crippen molar-refractivity contribution in [1.29, 1.82) is 0 Å². The Labute approximate surface area is 191 Å². The first-order valence-corrected chi connectivity index (χ1v) is 9.27. The molecule has 0 saturated heterocycles. The fourth-order valence-corrected chi connectivity index (χ4v) is 2.56. The molecule has 0 saturated carbocycles. The van der Waals surface area contributed by atoms with Crippen molar-refractivity contribution in [1.82, 2.24) is 14.8 Å². The van der Waals surface area contributed by atoms with Crippen LogP contribution >= 0.6 is 0 Å². The van der Waals surface area contributed by atoms with Crippen LogP contribution in [0.15, 0.2) is 47.3 Å². The molecular formula is C20H16F6N4O5. The second-order valence-electron chi connectivity index (χ2n) is 6.79. The number of carbonyl (C=O) groups is 1. The molecule has 0 radical (unpaired) electrons. The largest absolute Gasteiger partial charge is 0.508 e. The third-order valence-corrected chi connectivity index (χ3v) is 4.25. The lowest BCUT2D eigenvalue weighted by Crippen LogP contribution is -2.25. The molecule has 15 heteroatoms. The Balaban J connectivity index is 0.000000540. The van der Waals surface area contributed by atoms with Crippen LogP contribution in [0.2, 0.25) is 0 Å². The highest BCUT2D eigenvalue weighted by Crippen LogP contribution is 2.35. The summed E-state index contributed by atoms with van der Waals surface area (Å²) >= 11 is 0. The maximum Gasteiger partial charge on any atom is 0.490 e. The molecule has 2 aromatic carbocycles. The number of anilines is 1. The Hall–Kier alpha value is -4.30. The third-order valence-electron chi connectivity index (χ3n) is 4.25. The number of phenolic OH excluding ortho intramolecular Hbond substituents is 2. The molecule has 4 N–H and O–H groups in total. The lowest BCUT2D eigenvalue weighted by atomic mass is 10.1. The summed E-state index contributed by atoms with van der Waals surface area (Å²) in [7, 11) is 1.36. The van der Waals surface area contributed by atoms with Crippen LogP contribution in [-0.4, -0.2) is 42.2 Å². The van der Waals surface area contributed by atoms with Gasteiger partial charge in [0.15, 0.2) is 5.82 Å². The number of rotatable bonds is 4. The number of hydrogen-bond donors (Lipinski definition) is 4. The van der Waals surface area contributed by atoms with Crippen molar-refractivity contribution >= 4 is 11.8 Å². The lowest BCUT2D eigenvalue weighted by Gasteiger charge is -2.12. The Bertz CT molecular complexity index is 1270. The summed E-state index contributed by atoms with van der Waals surface area (Å²) in [5.74, 6) is -3.52. The van der Waals surface area contributed by atoms with Crippen LogP contribution in [0.1, 0.15) is 11.1 Å². The normalized spacial score (nSPS) is 11.4. The smallest absolute Gasteiger partial charge is 0.490 e. The van der Waals surface area contributed by atoms with Gasteiger partial charge in [0.1, 0.15) is 11.5 Å². The number of halogens is 6. The van der Waals surface area contributed by atoms with E-state index in [4.69, 9.17) is 9.90 Å². The van der Waals surface area contributed by atoms with Crippen molar-refractivity contribution in [2.45, 2.75) is 18.9 Å². The van der Waals surface area contributed by atoms with Gasteiger partial charge in [0, 0.05) is 13.6 Å². The average molecular weight is 506 g/mol. The summed E-state index contributed by atoms with van der Waals surface area (Å²) in [6, 6.07) is 8.78. The van der Waals surface area contributed by atoms with Crippen molar-refractivity contribution in [3.8, 4) is 22.9 Å². The van der Waals surface area contributed by atoms with Gasteiger partial charge in [-0.1, -0.05) is 12.1 Å². The van der Waals surface area contributed by atoms with Gasteiger partial charge in [-0.2, -0.15) is 26.3 Å². The Morgan fingerprint density at radius 3 is 2.17 bits per heavy atom. The van der Waals surface area contributed by atoms with Crippen LogP contribution < -0.4 is 10.9 Å². The number of benzene rings is 2. The number of phenols is 2. The number of carboxylic acids is 1. The summed E-state index contributed by atoms with van der Waals surface area (Å²) in [5.41, 5.74) is -0.950. The number of hydrogen-bond acceptors (Lipinski definition) is 7. The van der Waals surface area contributed by atoms with E-state index in [0.717, 1.165) is 16.7 Å². The number of nitrogens with zero attached hydrogens (tertiary/aromatic N) is 3. The second kappa shape index (κ2) is 10.3. The number of nitrogens with one attached hydrogen (secondary N) is 1. The van der Waals surface area contributed by atoms with Gasteiger partial charge in [-0.3, -0.25) is 9.36 Å². The van der Waals surface area contributed by atoms with Crippen molar-refractivity contribution in [2.75, 3.05) is 5.32 Å². The van der Waals surface area contributed by atoms with E-state index in [-0.39, 0.29) is 29.5 Å². The van der Waals surface area contributed by atoms with Crippen molar-refractivity contribution in [3.05, 3.63) is 63.9 Å². The third kappa shape index (κ3) is 7.09. The fraction of sp³-hybridized carbons (Fsp3) is 0.200. The van der Waals surface area contributed by atoms with Gasteiger partial charge >= 0.3 is 18.3 Å². The highest BCUT2D eigenvalue weighted by Gasteiger charge is 2.38. The van der Waals surface area contributed by atoms with Crippen molar-refractivity contribution in [2.24, 2.45) is 7.05 Å². The molecule has 1 heterocycles. The molecular weight excluding hydrogens is 490 g/mol. The summed E-state index contributed by atoms with van der Waals surface area (Å²) < 4.78 is 71.0. The first kappa shape index (κ1) is 26.9. The van der Waals surface area contributed by atoms with Gasteiger partial charge in [0.05, 0.1) is 11.1 Å². The van der Waals surface area contributed by atoms with Crippen LogP contribution in [0.4, 0.5) is 32.2 Å². The zero-order valence-electron chi connectivity index (χ0n) is 17.5. The molecule has 9 nitrogen and oxygen atoms in total. The molecule has 1 aromatic heterocycles. The minimum absolute atomic E-state index is 0.0559. The summed E-state index contributed by atoms with van der Waals surface area (Å²) in [6.45, 7) is 0.198. The van der Waals surface area contributed by atoms with E-state index in [2.05, 4.69) is 15.5 Å². The van der Waals surface area contributed by atoms with E-state index in [0.29, 0.717) is 11.6 Å². The van der Waals surface area contributed by atoms with Crippen LogP contribution in [0.3, 0.4) is 0 Å². The van der Waals surface area contributed by atoms with Crippen molar-refractivity contribution in [3.63, 3.8) is 0 Å². The predicted octanol–water partition coefficient (Wildman–Crippen LogP) is 3.52. The molecule has 0 aliphatic heterocycles. The van der Waals surface area contributed by atoms with Gasteiger partial charge < -0.3 is 20.6 Å². The molecule has 0 amide bonds. The number of aromatic hydroxyl groups is 2. The maximum atomic E-state index is 12.7. The quantitative estimate of drug-likeness (QED) is 0.395. The summed E-state index contributed by atoms with van der Waals surface area (Å²) in [5, 5.41) is 36.9. The molecule has 3 rings (SSSR count). The van der Waals surface area contributed by atoms with E-state index in [1.54, 1.807) is 12.1 Å². The first-order chi connectivity index (χ1) is 16.1. The number of alkyl halides is 6. The minimum atomic E-state index is -5.08. The molecule has 35 heavy (non-hydrogen) atoms. The summed E-state index contributed by atoms with van der Waals surface area (Å²) in [4.78, 5) is 21.4. The number of aliphatic carboxylic acids is 1. The average Bonchev–Trinajstić information content (AvgIpc) is 2.74. The van der Waals surface area contributed by atoms with E-state index >= 15 is 0 Å². The van der Waals surface area contributed by atoms with E-state index in [9.17, 15) is 41.4 Å². The SMILES string of the molecule is Cn1c(-c2ccc(C(F)(F)F)cc2O)nnc(NCc2cccc(O)c2)c1=O.O=C(O)C(F)(F)F. The van der Waals surface area contributed by atoms with Gasteiger partial charge in [0.2, 0.25) is 5.82 Å². The number of aromatic nitrogens is 3. The maximum absolute atomic E-state index is 12.7. The van der Waals surface area contributed by atoms with Gasteiger partial charge in [-0.15, -0.1) is 10.2 Å². The summed E-state index contributed by atoms with van der Waals surface area (Å²) in [6.07, 6.45) is -9.69. The fourth-order valence-electron chi connectivity index (χ4n) is 2.56. The van der Waals surface area contributed by atoms with Gasteiger partial charge in [-0.05, 0) is 35.9 Å². The molecule has 0 aliphatic carbocycles. The molecule has 0 unspecified atom stereocenters. The Kier molecular flexibility index (Phi) is 7.94. The van der Waals surface area contributed by atoms with Gasteiger partial charge in [-0.25, -0.2) is 4.79 Å². The second-order valence-corrected chi connectivity index (χ2v) is 6.79. The Morgan fingerprint density at radius 2 is 1.66 bits per heavy atom. The first-order valence-electron chi connectivity index (χ1n) is 9.27. The predicted molar refractivity (Wildman–Crippen MR) is 109 cm³/mol. The topological polar surface area (TPSA) is 138 Å². The molecule has 0 aliphatic rings. The van der Waals surface area contributed by atoms with Crippen LogP contribution in [-0.2, 0) is 24.6 Å². The monoisotopic (exact) mass is 506 g/mol. The van der Waals surface area contributed by atoms with Crippen LogP contribution in [0, 0.1) is 0 Å². The molecule has 0 spiro atoms. The van der Waals surface area contributed by atoms with E-state index < -0.39 is 35.2 Å². The molecule has 0 fully saturated rings. The molecule has 0 atom stereocenters. The lowest BCUT2D eigenvalue weighted by molar-refractivity contribution is -0.192. The zero-order chi connectivity index (χ0) is 26.6. The number of carboxylic acid groups (broad SMARTS) is 1.